The van der Waals surface area contributed by atoms with E-state index in [-0.39, 0.29) is 16.6 Å². The molecule has 0 aliphatic heterocycles. The van der Waals surface area contributed by atoms with Gasteiger partial charge in [0.2, 0.25) is 10.0 Å². The quantitative estimate of drug-likeness (QED) is 0.528. The molecular formula is C16H23N3O4S. The summed E-state index contributed by atoms with van der Waals surface area (Å²) >= 11 is 0. The second-order valence-corrected chi connectivity index (χ2v) is 8.62. The van der Waals surface area contributed by atoms with E-state index in [2.05, 4.69) is 4.90 Å². The molecule has 0 amide bonds. The first kappa shape index (κ1) is 17.3. The van der Waals surface area contributed by atoms with Crippen molar-refractivity contribution < 1.29 is 13.3 Å². The highest BCUT2D eigenvalue weighted by atomic mass is 32.2. The lowest BCUT2D eigenvalue weighted by atomic mass is 10.2. The summed E-state index contributed by atoms with van der Waals surface area (Å²) in [5, 5.41) is 10.9. The van der Waals surface area contributed by atoms with E-state index in [1.165, 1.54) is 31.0 Å². The number of nitro groups is 1. The second-order valence-electron chi connectivity index (χ2n) is 6.77. The molecule has 0 heterocycles. The molecule has 0 bridgehead atoms. The molecule has 3 rings (SSSR count). The van der Waals surface area contributed by atoms with Crippen molar-refractivity contribution in [2.45, 2.75) is 49.6 Å². The SMILES string of the molecule is Cc1cc([N+](=O)[O-])ccc1S(=O)(=O)N(CCN(C)C1CC1)C1CC1. The van der Waals surface area contributed by atoms with Gasteiger partial charge in [0.25, 0.3) is 5.69 Å². The van der Waals surface area contributed by atoms with Gasteiger partial charge in [-0.15, -0.1) is 0 Å². The molecule has 2 aliphatic rings. The van der Waals surface area contributed by atoms with Gasteiger partial charge >= 0.3 is 0 Å². The van der Waals surface area contributed by atoms with Crippen molar-refractivity contribution in [2.24, 2.45) is 0 Å². The number of rotatable bonds is 8. The van der Waals surface area contributed by atoms with Crippen molar-refractivity contribution in [1.82, 2.24) is 9.21 Å². The number of likely N-dealkylation sites (N-methyl/N-ethyl adjacent to an activating group) is 1. The summed E-state index contributed by atoms with van der Waals surface area (Å²) in [6.45, 7) is 2.80. The van der Waals surface area contributed by atoms with Crippen LogP contribution in [0.4, 0.5) is 5.69 Å². The number of hydrogen-bond donors (Lipinski definition) is 0. The second kappa shape index (κ2) is 6.42. The predicted molar refractivity (Wildman–Crippen MR) is 90.4 cm³/mol. The number of sulfonamides is 1. The van der Waals surface area contributed by atoms with Crippen LogP contribution in [0.1, 0.15) is 31.2 Å². The van der Waals surface area contributed by atoms with Crippen LogP contribution in [-0.4, -0.2) is 54.8 Å². The van der Waals surface area contributed by atoms with E-state index in [0.29, 0.717) is 24.7 Å². The van der Waals surface area contributed by atoms with Crippen molar-refractivity contribution in [3.05, 3.63) is 33.9 Å². The Bertz CT molecular complexity index is 742. The average molecular weight is 353 g/mol. The van der Waals surface area contributed by atoms with Crippen LogP contribution in [-0.2, 0) is 10.0 Å². The molecule has 1 aromatic carbocycles. The minimum atomic E-state index is -3.63. The van der Waals surface area contributed by atoms with Gasteiger partial charge in [-0.25, -0.2) is 8.42 Å². The van der Waals surface area contributed by atoms with Gasteiger partial charge in [0.05, 0.1) is 9.82 Å². The van der Waals surface area contributed by atoms with E-state index < -0.39 is 14.9 Å². The number of nitro benzene ring substituents is 1. The summed E-state index contributed by atoms with van der Waals surface area (Å²) in [5.74, 6) is 0. The number of nitrogens with zero attached hydrogens (tertiary/aromatic N) is 3. The van der Waals surface area contributed by atoms with Crippen molar-refractivity contribution in [2.75, 3.05) is 20.1 Å². The Morgan fingerprint density at radius 2 is 1.79 bits per heavy atom. The summed E-state index contributed by atoms with van der Waals surface area (Å²) in [7, 11) is -1.59. The zero-order chi connectivity index (χ0) is 17.5. The van der Waals surface area contributed by atoms with Crippen molar-refractivity contribution in [1.29, 1.82) is 0 Å². The third-order valence-corrected chi connectivity index (χ3v) is 6.87. The molecule has 0 spiro atoms. The molecule has 24 heavy (non-hydrogen) atoms. The maximum Gasteiger partial charge on any atom is 0.269 e. The van der Waals surface area contributed by atoms with Crippen LogP contribution in [0.25, 0.3) is 0 Å². The van der Waals surface area contributed by atoms with E-state index in [1.54, 1.807) is 11.2 Å². The van der Waals surface area contributed by atoms with Gasteiger partial charge in [-0.2, -0.15) is 4.31 Å². The van der Waals surface area contributed by atoms with E-state index in [1.807, 2.05) is 7.05 Å². The monoisotopic (exact) mass is 353 g/mol. The normalized spacial score (nSPS) is 18.3. The van der Waals surface area contributed by atoms with Gasteiger partial charge in [0.15, 0.2) is 0 Å². The highest BCUT2D eigenvalue weighted by Gasteiger charge is 2.39. The fourth-order valence-electron chi connectivity index (χ4n) is 2.98. The van der Waals surface area contributed by atoms with Crippen molar-refractivity contribution >= 4 is 15.7 Å². The Morgan fingerprint density at radius 1 is 1.17 bits per heavy atom. The zero-order valence-electron chi connectivity index (χ0n) is 14.0. The summed E-state index contributed by atoms with van der Waals surface area (Å²) < 4.78 is 27.7. The molecule has 0 N–H and O–H groups in total. The van der Waals surface area contributed by atoms with Gasteiger partial charge in [-0.1, -0.05) is 0 Å². The fraction of sp³-hybridized carbons (Fsp3) is 0.625. The lowest BCUT2D eigenvalue weighted by molar-refractivity contribution is -0.385. The van der Waals surface area contributed by atoms with E-state index in [9.17, 15) is 18.5 Å². The molecule has 8 heteroatoms. The van der Waals surface area contributed by atoms with Crippen LogP contribution >= 0.6 is 0 Å². The van der Waals surface area contributed by atoms with Crippen LogP contribution < -0.4 is 0 Å². The third kappa shape index (κ3) is 3.60. The zero-order valence-corrected chi connectivity index (χ0v) is 14.8. The molecular weight excluding hydrogens is 330 g/mol. The first-order valence-electron chi connectivity index (χ1n) is 8.28. The van der Waals surface area contributed by atoms with Gasteiger partial charge in [0.1, 0.15) is 0 Å². The molecule has 2 saturated carbocycles. The Balaban J connectivity index is 1.81. The van der Waals surface area contributed by atoms with Gasteiger partial charge in [0, 0.05) is 37.3 Å². The summed E-state index contributed by atoms with van der Waals surface area (Å²) in [5.41, 5.74) is 0.336. The number of hydrogen-bond acceptors (Lipinski definition) is 5. The smallest absolute Gasteiger partial charge is 0.269 e. The number of non-ortho nitro benzene ring substituents is 1. The number of aryl methyl sites for hydroxylation is 1. The topological polar surface area (TPSA) is 83.8 Å². The summed E-state index contributed by atoms with van der Waals surface area (Å²) in [6, 6.07) is 4.62. The van der Waals surface area contributed by atoms with E-state index >= 15 is 0 Å². The molecule has 2 fully saturated rings. The van der Waals surface area contributed by atoms with Gasteiger partial charge in [-0.3, -0.25) is 10.1 Å². The largest absolute Gasteiger partial charge is 0.302 e. The molecule has 0 radical (unpaired) electrons. The predicted octanol–water partition coefficient (Wildman–Crippen LogP) is 2.15. The Kier molecular flexibility index (Phi) is 4.63. The molecule has 2 aliphatic carbocycles. The minimum Gasteiger partial charge on any atom is -0.302 e. The van der Waals surface area contributed by atoms with E-state index in [0.717, 1.165) is 12.8 Å². The fourth-order valence-corrected chi connectivity index (χ4v) is 4.86. The number of benzene rings is 1. The van der Waals surface area contributed by atoms with Crippen LogP contribution in [0, 0.1) is 17.0 Å². The molecule has 0 atom stereocenters. The van der Waals surface area contributed by atoms with E-state index in [4.69, 9.17) is 0 Å². The first-order valence-corrected chi connectivity index (χ1v) is 9.72. The van der Waals surface area contributed by atoms with Crippen molar-refractivity contribution in [3.63, 3.8) is 0 Å². The molecule has 7 nitrogen and oxygen atoms in total. The molecule has 132 valence electrons. The molecule has 1 aromatic rings. The van der Waals surface area contributed by atoms with Gasteiger partial charge in [-0.05, 0) is 51.3 Å². The van der Waals surface area contributed by atoms with Crippen LogP contribution in [0.15, 0.2) is 23.1 Å². The van der Waals surface area contributed by atoms with Crippen LogP contribution in [0.3, 0.4) is 0 Å². The first-order chi connectivity index (χ1) is 11.3. The third-order valence-electron chi connectivity index (χ3n) is 4.75. The average Bonchev–Trinajstić information content (AvgIpc) is 3.37. The maximum absolute atomic E-state index is 13.1. The maximum atomic E-state index is 13.1. The molecule has 0 unspecified atom stereocenters. The standard InChI is InChI=1S/C16H23N3O4S/c1-12-11-15(19(20)21)7-8-16(12)24(22,23)18(14-5-6-14)10-9-17(2)13-3-4-13/h7-8,11,13-14H,3-6,9-10H2,1-2H3. The highest BCUT2D eigenvalue weighted by Crippen LogP contribution is 2.34. The van der Waals surface area contributed by atoms with Crippen LogP contribution in [0.5, 0.6) is 0 Å². The van der Waals surface area contributed by atoms with Crippen molar-refractivity contribution in [3.8, 4) is 0 Å². The Hall–Kier alpha value is -1.51. The Morgan fingerprint density at radius 3 is 2.29 bits per heavy atom. The Labute approximate surface area is 142 Å². The molecule has 0 saturated heterocycles. The highest BCUT2D eigenvalue weighted by molar-refractivity contribution is 7.89. The summed E-state index contributed by atoms with van der Waals surface area (Å²) in [4.78, 5) is 12.7. The van der Waals surface area contributed by atoms with Gasteiger partial charge < -0.3 is 4.90 Å². The minimum absolute atomic E-state index is 0.0668. The molecule has 0 aromatic heterocycles. The lowest BCUT2D eigenvalue weighted by Crippen LogP contribution is -2.39. The summed E-state index contributed by atoms with van der Waals surface area (Å²) in [6.07, 6.45) is 4.15. The lowest BCUT2D eigenvalue weighted by Gasteiger charge is -2.25. The van der Waals surface area contributed by atoms with Crippen LogP contribution in [0.2, 0.25) is 0 Å².